The molecule has 0 saturated carbocycles. The lowest BCUT2D eigenvalue weighted by Gasteiger charge is -2.19. The molecule has 1 amide bonds. The molecule has 1 aliphatic heterocycles. The standard InChI is InChI=1S/C40H48N8O8/c41-48-45-16-17-52-18-19-53-20-21-54-22-23-55-24-25-56-37-13-12-33(34-6-1-2-7-35(34)37)29-8-10-30(11-9-29)36(27-39(50)51)47-38(49)28-44-31-4-3-5-32(26-31)46-40-42-14-15-43-40/h1-13,26,36,44H,14-25,27-28H2,(H,47,49)(H,50,51)(H2,42,43,46)/t36-/m0/s1. The molecule has 1 heterocycles. The number of fused-ring (bicyclic) bond motifs is 1. The Balaban J connectivity index is 1.07. The van der Waals surface area contributed by atoms with Gasteiger partial charge in [-0.1, -0.05) is 65.8 Å². The highest BCUT2D eigenvalue weighted by atomic mass is 16.6. The molecule has 1 aliphatic rings. The molecule has 5 rings (SSSR count). The first-order chi connectivity index (χ1) is 27.5. The minimum atomic E-state index is -1.02. The van der Waals surface area contributed by atoms with E-state index in [1.807, 2.05) is 84.9 Å². The maximum atomic E-state index is 13.0. The molecule has 0 fully saturated rings. The number of carbonyl (C=O) groups excluding carboxylic acids is 1. The summed E-state index contributed by atoms with van der Waals surface area (Å²) in [5.41, 5.74) is 12.4. The number of anilines is 2. The largest absolute Gasteiger partial charge is 0.491 e. The van der Waals surface area contributed by atoms with Gasteiger partial charge in [0.25, 0.3) is 0 Å². The monoisotopic (exact) mass is 768 g/mol. The molecule has 1 atom stereocenters. The summed E-state index contributed by atoms with van der Waals surface area (Å²) in [7, 11) is 0. The van der Waals surface area contributed by atoms with Crippen LogP contribution in [0.1, 0.15) is 18.0 Å². The second-order valence-electron chi connectivity index (χ2n) is 12.5. The van der Waals surface area contributed by atoms with Crippen LogP contribution in [0.15, 0.2) is 95.0 Å². The third-order valence-corrected chi connectivity index (χ3v) is 8.47. The summed E-state index contributed by atoms with van der Waals surface area (Å²) in [5.74, 6) is 0.0949. The van der Waals surface area contributed by atoms with E-state index in [-0.39, 0.29) is 18.9 Å². The number of rotatable bonds is 25. The second-order valence-corrected chi connectivity index (χ2v) is 12.5. The summed E-state index contributed by atoms with van der Waals surface area (Å²) in [4.78, 5) is 31.8. The van der Waals surface area contributed by atoms with E-state index >= 15 is 0 Å². The average Bonchev–Trinajstić information content (AvgIpc) is 3.73. The predicted molar refractivity (Wildman–Crippen MR) is 214 cm³/mol. The average molecular weight is 769 g/mol. The highest BCUT2D eigenvalue weighted by Crippen LogP contribution is 2.35. The van der Waals surface area contributed by atoms with Gasteiger partial charge in [-0.3, -0.25) is 14.6 Å². The van der Waals surface area contributed by atoms with Crippen molar-refractivity contribution in [1.82, 2.24) is 10.6 Å². The van der Waals surface area contributed by atoms with Crippen LogP contribution >= 0.6 is 0 Å². The van der Waals surface area contributed by atoms with Gasteiger partial charge in [0, 0.05) is 34.8 Å². The lowest BCUT2D eigenvalue weighted by molar-refractivity contribution is -0.137. The van der Waals surface area contributed by atoms with Gasteiger partial charge in [0.05, 0.1) is 78.4 Å². The number of amides is 1. The molecule has 0 spiro atoms. The molecule has 0 aromatic heterocycles. The highest BCUT2D eigenvalue weighted by Gasteiger charge is 2.19. The fourth-order valence-corrected chi connectivity index (χ4v) is 5.85. The first kappa shape index (κ1) is 41.3. The number of carbonyl (C=O) groups is 2. The minimum Gasteiger partial charge on any atom is -0.491 e. The van der Waals surface area contributed by atoms with Gasteiger partial charge in [-0.05, 0) is 51.9 Å². The number of carboxylic acid groups (broad SMARTS) is 1. The Bertz CT molecular complexity index is 1940. The number of nitrogens with one attached hydrogen (secondary N) is 4. The van der Waals surface area contributed by atoms with Gasteiger partial charge in [-0.2, -0.15) is 0 Å². The lowest BCUT2D eigenvalue weighted by Crippen LogP contribution is -2.34. The Morgan fingerprint density at radius 2 is 1.50 bits per heavy atom. The van der Waals surface area contributed by atoms with Gasteiger partial charge in [0.15, 0.2) is 5.96 Å². The SMILES string of the molecule is [N-]=[N+]=NCCOCCOCCOCCOCCOc1ccc(-c2ccc([C@H](CC(=O)O)NC(=O)CNc3cccc(NC4=NCCN4)c3)cc2)c2ccccc12. The van der Waals surface area contributed by atoms with Crippen molar-refractivity contribution in [1.29, 1.82) is 0 Å². The number of carboxylic acids is 1. The van der Waals surface area contributed by atoms with Gasteiger partial charge < -0.3 is 50.1 Å². The van der Waals surface area contributed by atoms with E-state index in [9.17, 15) is 14.7 Å². The van der Waals surface area contributed by atoms with E-state index in [1.165, 1.54) is 0 Å². The summed E-state index contributed by atoms with van der Waals surface area (Å²) in [6.45, 7) is 5.54. The molecule has 0 radical (unpaired) electrons. The molecule has 0 saturated heterocycles. The summed E-state index contributed by atoms with van der Waals surface area (Å²) in [5, 5.41) is 27.4. The van der Waals surface area contributed by atoms with Gasteiger partial charge in [-0.15, -0.1) is 0 Å². The Morgan fingerprint density at radius 3 is 2.18 bits per heavy atom. The maximum absolute atomic E-state index is 13.0. The zero-order valence-electron chi connectivity index (χ0n) is 31.2. The van der Waals surface area contributed by atoms with Crippen molar-refractivity contribution in [3.8, 4) is 16.9 Å². The Kier molecular flexibility index (Phi) is 17.0. The van der Waals surface area contributed by atoms with E-state index in [2.05, 4.69) is 36.3 Å². The van der Waals surface area contributed by atoms with Crippen molar-refractivity contribution in [3.63, 3.8) is 0 Å². The number of guanidine groups is 1. The van der Waals surface area contributed by atoms with Crippen molar-refractivity contribution in [2.24, 2.45) is 10.1 Å². The van der Waals surface area contributed by atoms with Crippen LogP contribution in [0.2, 0.25) is 0 Å². The molecule has 4 aromatic rings. The van der Waals surface area contributed by atoms with Crippen LogP contribution in [0.4, 0.5) is 11.4 Å². The number of aliphatic imine (C=N–C) groups is 1. The fraction of sp³-hybridized carbons (Fsp3) is 0.375. The van der Waals surface area contributed by atoms with Crippen LogP contribution in [-0.2, 0) is 28.5 Å². The van der Waals surface area contributed by atoms with Gasteiger partial charge in [0.1, 0.15) is 12.4 Å². The van der Waals surface area contributed by atoms with Crippen LogP contribution in [0.5, 0.6) is 5.75 Å². The van der Waals surface area contributed by atoms with Crippen LogP contribution in [0.3, 0.4) is 0 Å². The molecule has 0 bridgehead atoms. The number of ether oxygens (including phenoxy) is 5. The van der Waals surface area contributed by atoms with Crippen molar-refractivity contribution >= 4 is 40.0 Å². The number of hydrogen-bond acceptors (Lipinski definition) is 12. The maximum Gasteiger partial charge on any atom is 0.305 e. The molecule has 0 unspecified atom stereocenters. The predicted octanol–water partition coefficient (Wildman–Crippen LogP) is 5.38. The molecular formula is C40H48N8O8. The zero-order chi connectivity index (χ0) is 39.2. The quantitative estimate of drug-likeness (QED) is 0.0250. The third-order valence-electron chi connectivity index (χ3n) is 8.47. The Morgan fingerprint density at radius 1 is 0.821 bits per heavy atom. The summed E-state index contributed by atoms with van der Waals surface area (Å²) in [6.07, 6.45) is -0.264. The first-order valence-corrected chi connectivity index (χ1v) is 18.5. The number of nitrogens with zero attached hydrogens (tertiary/aromatic N) is 4. The Labute approximate surface area is 325 Å². The minimum absolute atomic E-state index is 0.0321. The van der Waals surface area contributed by atoms with Gasteiger partial charge in [-0.25, -0.2) is 0 Å². The van der Waals surface area contributed by atoms with E-state index in [4.69, 9.17) is 29.2 Å². The third kappa shape index (κ3) is 13.7. The van der Waals surface area contributed by atoms with Crippen LogP contribution in [-0.4, -0.2) is 109 Å². The first-order valence-electron chi connectivity index (χ1n) is 18.5. The molecule has 56 heavy (non-hydrogen) atoms. The van der Waals surface area contributed by atoms with Gasteiger partial charge in [0.2, 0.25) is 5.91 Å². The Hall–Kier alpha value is -5.90. The molecular weight excluding hydrogens is 720 g/mol. The molecule has 16 heteroatoms. The van der Waals surface area contributed by atoms with Crippen molar-refractivity contribution < 1.29 is 38.4 Å². The molecule has 296 valence electrons. The fourth-order valence-electron chi connectivity index (χ4n) is 5.85. The van der Waals surface area contributed by atoms with Crippen LogP contribution in [0, 0.1) is 0 Å². The second kappa shape index (κ2) is 23.1. The molecule has 4 aromatic carbocycles. The highest BCUT2D eigenvalue weighted by molar-refractivity contribution is 6.00. The smallest absolute Gasteiger partial charge is 0.305 e. The number of hydrogen-bond donors (Lipinski definition) is 5. The summed E-state index contributed by atoms with van der Waals surface area (Å²) >= 11 is 0. The summed E-state index contributed by atoms with van der Waals surface area (Å²) in [6, 6.07) is 26.3. The normalized spacial score (nSPS) is 12.6. The number of azide groups is 1. The van der Waals surface area contributed by atoms with Crippen LogP contribution in [0.25, 0.3) is 32.3 Å². The van der Waals surface area contributed by atoms with Crippen molar-refractivity contribution in [2.75, 3.05) is 96.3 Å². The molecule has 16 nitrogen and oxygen atoms in total. The zero-order valence-corrected chi connectivity index (χ0v) is 31.2. The number of benzene rings is 4. The van der Waals surface area contributed by atoms with Crippen molar-refractivity contribution in [2.45, 2.75) is 12.5 Å². The molecule has 0 aliphatic carbocycles. The van der Waals surface area contributed by atoms with E-state index < -0.39 is 12.0 Å². The van der Waals surface area contributed by atoms with Crippen LogP contribution < -0.4 is 26.0 Å². The van der Waals surface area contributed by atoms with Crippen molar-refractivity contribution in [3.05, 3.63) is 101 Å². The van der Waals surface area contributed by atoms with E-state index in [1.54, 1.807) is 0 Å². The lowest BCUT2D eigenvalue weighted by atomic mass is 9.95. The summed E-state index contributed by atoms with van der Waals surface area (Å²) < 4.78 is 28.0. The number of aliphatic carboxylic acids is 1. The molecule has 5 N–H and O–H groups in total. The topological polar surface area (TPSA) is 210 Å². The van der Waals surface area contributed by atoms with E-state index in [0.717, 1.165) is 52.1 Å². The van der Waals surface area contributed by atoms with Gasteiger partial charge >= 0.3 is 5.97 Å². The van der Waals surface area contributed by atoms with E-state index in [0.29, 0.717) is 77.5 Å².